The van der Waals surface area contributed by atoms with Gasteiger partial charge in [0.1, 0.15) is 0 Å². The summed E-state index contributed by atoms with van der Waals surface area (Å²) in [6.45, 7) is 10.9. The molecule has 2 aliphatic heterocycles. The van der Waals surface area contributed by atoms with Gasteiger partial charge in [-0.3, -0.25) is 0 Å². The number of hydrogen-bond donors (Lipinski definition) is 2. The first-order chi connectivity index (χ1) is 11.3. The monoisotopic (exact) mass is 334 g/mol. The molecule has 0 spiro atoms. The number of fused-ring (bicyclic) bond motifs is 1. The summed E-state index contributed by atoms with van der Waals surface area (Å²) in [4.78, 5) is 0. The molecule has 0 aromatic carbocycles. The smallest absolute Gasteiger partial charge is 0.162 e. The predicted molar refractivity (Wildman–Crippen MR) is 93.3 cm³/mol. The average Bonchev–Trinajstić information content (AvgIpc) is 3.08. The second-order valence-electron chi connectivity index (χ2n) is 8.04. The van der Waals surface area contributed by atoms with Gasteiger partial charge in [-0.15, -0.1) is 0 Å². The molecular weight excluding hydrogens is 304 g/mol. The maximum Gasteiger partial charge on any atom is 0.162 e. The molecule has 4 heteroatoms. The highest BCUT2D eigenvalue weighted by atomic mass is 16.6. The normalized spacial score (nSPS) is 41.0. The molecule has 0 bridgehead atoms. The van der Waals surface area contributed by atoms with Crippen molar-refractivity contribution in [1.82, 2.24) is 0 Å². The molecule has 0 aromatic rings. The van der Waals surface area contributed by atoms with E-state index in [1.54, 1.807) is 0 Å². The van der Waals surface area contributed by atoms with Crippen LogP contribution in [0.4, 0.5) is 0 Å². The third-order valence-corrected chi connectivity index (χ3v) is 5.67. The van der Waals surface area contributed by atoms with Crippen molar-refractivity contribution in [1.29, 1.82) is 0 Å². The molecule has 0 radical (unpaired) electrons. The van der Waals surface area contributed by atoms with Crippen molar-refractivity contribution in [3.8, 4) is 0 Å². The lowest BCUT2D eigenvalue weighted by atomic mass is 9.75. The number of rotatable bonds is 2. The molecule has 0 aromatic heterocycles. The molecule has 0 saturated carbocycles. The fourth-order valence-electron chi connectivity index (χ4n) is 4.06. The topological polar surface area (TPSA) is 62.2 Å². The van der Waals surface area contributed by atoms with Gasteiger partial charge in [0.15, 0.2) is 6.29 Å². The molecule has 4 nitrogen and oxygen atoms in total. The number of ether oxygens (including phenoxy) is 2. The Labute approximate surface area is 144 Å². The van der Waals surface area contributed by atoms with Gasteiger partial charge in [0.2, 0.25) is 0 Å². The van der Waals surface area contributed by atoms with Crippen LogP contribution in [0.2, 0.25) is 0 Å². The lowest BCUT2D eigenvalue weighted by molar-refractivity contribution is -0.149. The van der Waals surface area contributed by atoms with Crippen molar-refractivity contribution in [2.45, 2.75) is 70.6 Å². The van der Waals surface area contributed by atoms with E-state index in [1.807, 2.05) is 6.08 Å². The lowest BCUT2D eigenvalue weighted by Gasteiger charge is -2.39. The highest BCUT2D eigenvalue weighted by Crippen LogP contribution is 2.43. The van der Waals surface area contributed by atoms with E-state index < -0.39 is 12.4 Å². The Morgan fingerprint density at radius 3 is 2.75 bits per heavy atom. The molecule has 3 aliphatic rings. The van der Waals surface area contributed by atoms with Crippen molar-refractivity contribution in [2.24, 2.45) is 11.8 Å². The zero-order chi connectivity index (χ0) is 17.5. The lowest BCUT2D eigenvalue weighted by Crippen LogP contribution is -2.39. The largest absolute Gasteiger partial charge is 0.389 e. The molecule has 2 N–H and O–H groups in total. The minimum absolute atomic E-state index is 0.0169. The summed E-state index contributed by atoms with van der Waals surface area (Å²) in [5.74, 6) is 0.0730. The molecule has 2 heterocycles. The van der Waals surface area contributed by atoms with E-state index in [2.05, 4.69) is 33.4 Å². The van der Waals surface area contributed by atoms with Crippen molar-refractivity contribution in [3.05, 3.63) is 35.5 Å². The van der Waals surface area contributed by atoms with E-state index in [4.69, 9.17) is 9.47 Å². The Balaban J connectivity index is 1.81. The van der Waals surface area contributed by atoms with E-state index in [9.17, 15) is 10.2 Å². The van der Waals surface area contributed by atoms with Crippen molar-refractivity contribution >= 4 is 0 Å². The molecule has 2 fully saturated rings. The van der Waals surface area contributed by atoms with Crippen LogP contribution in [-0.4, -0.2) is 40.9 Å². The molecule has 5 unspecified atom stereocenters. The fraction of sp³-hybridized carbons (Fsp3) is 0.700. The van der Waals surface area contributed by atoms with E-state index in [0.717, 1.165) is 24.8 Å². The summed E-state index contributed by atoms with van der Waals surface area (Å²) in [6, 6.07) is 0. The Morgan fingerprint density at radius 2 is 2.08 bits per heavy atom. The van der Waals surface area contributed by atoms with Crippen LogP contribution in [0, 0.1) is 11.8 Å². The number of hydrogen-bond acceptors (Lipinski definition) is 4. The van der Waals surface area contributed by atoms with Crippen LogP contribution in [0.1, 0.15) is 46.5 Å². The maximum absolute atomic E-state index is 10.4. The maximum atomic E-state index is 10.4. The van der Waals surface area contributed by atoms with Crippen LogP contribution < -0.4 is 0 Å². The van der Waals surface area contributed by atoms with Gasteiger partial charge in [0, 0.05) is 5.92 Å². The SMILES string of the molecule is C=C1CC(O)C=C(C)CCC2C(=CCC3OC3(C)C)COC(O)C12. The summed E-state index contributed by atoms with van der Waals surface area (Å²) >= 11 is 0. The molecular formula is C20H30O4. The first-order valence-corrected chi connectivity index (χ1v) is 8.97. The van der Waals surface area contributed by atoms with E-state index in [-0.39, 0.29) is 23.5 Å². The molecule has 3 rings (SSSR count). The van der Waals surface area contributed by atoms with E-state index >= 15 is 0 Å². The van der Waals surface area contributed by atoms with Gasteiger partial charge >= 0.3 is 0 Å². The first kappa shape index (κ1) is 17.9. The zero-order valence-corrected chi connectivity index (χ0v) is 15.0. The van der Waals surface area contributed by atoms with Crippen molar-refractivity contribution in [3.63, 3.8) is 0 Å². The standard InChI is InChI=1S/C20H30O4/c1-12-5-7-16-14(6-8-17-20(3,4)24-17)11-23-19(22)18(16)13(2)10-15(21)9-12/h6,9,15-19,21-22H,2,5,7-8,10-11H2,1,3-4H3. The zero-order valence-electron chi connectivity index (χ0n) is 15.0. The third-order valence-electron chi connectivity index (χ3n) is 5.67. The van der Waals surface area contributed by atoms with E-state index in [0.29, 0.717) is 13.0 Å². The fourth-order valence-corrected chi connectivity index (χ4v) is 4.06. The minimum atomic E-state index is -0.834. The predicted octanol–water partition coefficient (Wildman–Crippen LogP) is 3.11. The molecule has 5 atom stereocenters. The highest BCUT2D eigenvalue weighted by molar-refractivity contribution is 5.23. The van der Waals surface area contributed by atoms with Crippen LogP contribution in [0.25, 0.3) is 0 Å². The molecule has 24 heavy (non-hydrogen) atoms. The second kappa shape index (κ2) is 6.75. The Morgan fingerprint density at radius 1 is 1.38 bits per heavy atom. The summed E-state index contributed by atoms with van der Waals surface area (Å²) in [5.41, 5.74) is 3.29. The summed E-state index contributed by atoms with van der Waals surface area (Å²) in [6.07, 6.45) is 6.29. The van der Waals surface area contributed by atoms with Crippen LogP contribution in [-0.2, 0) is 9.47 Å². The van der Waals surface area contributed by atoms with Crippen LogP contribution in [0.15, 0.2) is 35.5 Å². The van der Waals surface area contributed by atoms with Gasteiger partial charge in [0.25, 0.3) is 0 Å². The van der Waals surface area contributed by atoms with Crippen molar-refractivity contribution in [2.75, 3.05) is 6.61 Å². The average molecular weight is 334 g/mol. The van der Waals surface area contributed by atoms with Gasteiger partial charge in [-0.2, -0.15) is 0 Å². The van der Waals surface area contributed by atoms with Crippen LogP contribution >= 0.6 is 0 Å². The minimum Gasteiger partial charge on any atom is -0.389 e. The van der Waals surface area contributed by atoms with E-state index in [1.165, 1.54) is 11.1 Å². The number of allylic oxidation sites excluding steroid dienone is 1. The summed E-state index contributed by atoms with van der Waals surface area (Å²) in [5, 5.41) is 20.6. The van der Waals surface area contributed by atoms with Gasteiger partial charge in [-0.25, -0.2) is 0 Å². The van der Waals surface area contributed by atoms with Gasteiger partial charge in [0.05, 0.1) is 24.4 Å². The van der Waals surface area contributed by atoms with Gasteiger partial charge in [-0.05, 0) is 57.9 Å². The molecule has 2 saturated heterocycles. The molecule has 0 amide bonds. The highest BCUT2D eigenvalue weighted by Gasteiger charge is 2.47. The molecule has 1 aliphatic carbocycles. The molecule has 134 valence electrons. The Bertz CT molecular complexity index is 560. The Hall–Kier alpha value is -0.940. The third kappa shape index (κ3) is 3.83. The quantitative estimate of drug-likeness (QED) is 0.602. The number of aliphatic hydroxyl groups is 2. The van der Waals surface area contributed by atoms with Crippen LogP contribution in [0.5, 0.6) is 0 Å². The Kier molecular flexibility index (Phi) is 5.03. The summed E-state index contributed by atoms with van der Waals surface area (Å²) in [7, 11) is 0. The first-order valence-electron chi connectivity index (χ1n) is 8.97. The van der Waals surface area contributed by atoms with Gasteiger partial charge < -0.3 is 19.7 Å². The number of epoxide rings is 1. The number of aliphatic hydroxyl groups excluding tert-OH is 2. The van der Waals surface area contributed by atoms with Crippen molar-refractivity contribution < 1.29 is 19.7 Å². The second-order valence-corrected chi connectivity index (χ2v) is 8.04. The van der Waals surface area contributed by atoms with Crippen LogP contribution in [0.3, 0.4) is 0 Å². The van der Waals surface area contributed by atoms with Gasteiger partial charge in [-0.1, -0.05) is 29.9 Å². The summed E-state index contributed by atoms with van der Waals surface area (Å²) < 4.78 is 11.3.